The molecule has 0 aromatic rings. The van der Waals surface area contributed by atoms with Gasteiger partial charge in [0.05, 0.1) is 0 Å². The topological polar surface area (TPSA) is 0 Å². The maximum absolute atomic E-state index is 3.48. The van der Waals surface area contributed by atoms with Gasteiger partial charge in [-0.1, -0.05) is 81.1 Å². The van der Waals surface area contributed by atoms with Gasteiger partial charge >= 0.3 is 30.2 Å². The molecule has 2 aliphatic carbocycles. The molecule has 32 heavy (non-hydrogen) atoms. The van der Waals surface area contributed by atoms with Crippen LogP contribution in [0, 0.1) is 37.8 Å². The molecule has 0 unspecified atom stereocenters. The Morgan fingerprint density at radius 1 is 0.719 bits per heavy atom. The summed E-state index contributed by atoms with van der Waals surface area (Å²) in [4.78, 5) is 0. The van der Waals surface area contributed by atoms with E-state index in [4.69, 9.17) is 0 Å². The average Bonchev–Trinajstić information content (AvgIpc) is 3.29. The molecule has 0 bridgehead atoms. The van der Waals surface area contributed by atoms with E-state index in [0.29, 0.717) is 0 Å². The third-order valence-electron chi connectivity index (χ3n) is 5.03. The second kappa shape index (κ2) is 22.1. The zero-order chi connectivity index (χ0) is 21.8. The van der Waals surface area contributed by atoms with Gasteiger partial charge in [0.2, 0.25) is 0 Å². The second-order valence-electron chi connectivity index (χ2n) is 9.85. The summed E-state index contributed by atoms with van der Waals surface area (Å²) in [5, 5.41) is 0. The van der Waals surface area contributed by atoms with Gasteiger partial charge in [-0.25, -0.2) is 23.3 Å². The summed E-state index contributed by atoms with van der Waals surface area (Å²) in [5.74, 6) is 0. The van der Waals surface area contributed by atoms with Gasteiger partial charge in [-0.3, -0.25) is 12.2 Å². The summed E-state index contributed by atoms with van der Waals surface area (Å²) in [7, 11) is 0. The summed E-state index contributed by atoms with van der Waals surface area (Å²) in [6, 6.07) is 0. The van der Waals surface area contributed by atoms with Crippen LogP contribution in [-0.2, 0) is 23.3 Å². The molecular formula is C28H52Cl2SiZr-4. The van der Waals surface area contributed by atoms with Crippen LogP contribution in [0.5, 0.6) is 0 Å². The molecule has 0 aromatic heterocycles. The van der Waals surface area contributed by atoms with Gasteiger partial charge in [0.25, 0.3) is 0 Å². The van der Waals surface area contributed by atoms with Crippen molar-refractivity contribution in [3.8, 4) is 0 Å². The molecule has 0 aromatic carbocycles. The van der Waals surface area contributed by atoms with Crippen LogP contribution in [0.1, 0.15) is 107 Å². The second-order valence-corrected chi connectivity index (χ2v) is 9.85. The molecule has 0 amide bonds. The Morgan fingerprint density at radius 3 is 1.19 bits per heavy atom. The number of hydrogen-bond donors (Lipinski definition) is 0. The Kier molecular flexibility index (Phi) is 29.6. The van der Waals surface area contributed by atoms with Crippen LogP contribution in [0.25, 0.3) is 0 Å². The van der Waals surface area contributed by atoms with Crippen molar-refractivity contribution in [3.63, 3.8) is 0 Å². The van der Waals surface area contributed by atoms with Crippen molar-refractivity contribution in [1.29, 1.82) is 0 Å². The molecule has 0 aliphatic heterocycles. The van der Waals surface area contributed by atoms with Crippen LogP contribution in [0.3, 0.4) is 0 Å². The molecular weight excluding hydrogens is 527 g/mol. The minimum atomic E-state index is 0. The summed E-state index contributed by atoms with van der Waals surface area (Å²) in [6.45, 7) is 20.0. The first-order chi connectivity index (χ1) is 13.1. The van der Waals surface area contributed by atoms with Crippen molar-refractivity contribution in [3.05, 3.63) is 61.4 Å². The van der Waals surface area contributed by atoms with E-state index in [0.717, 1.165) is 12.8 Å². The molecule has 190 valence electrons. The molecule has 0 N–H and O–H groups in total. The molecule has 0 heterocycles. The number of allylic oxidation sites excluding steroid dienone is 8. The Balaban J connectivity index is -0.000000126. The first-order valence-corrected chi connectivity index (χ1v) is 17.0. The van der Waals surface area contributed by atoms with E-state index in [1.165, 1.54) is 49.7 Å². The molecule has 2 aliphatic rings. The third-order valence-corrected chi connectivity index (χ3v) is 5.03. The van der Waals surface area contributed by atoms with Crippen LogP contribution in [0.15, 0.2) is 34.4 Å². The zero-order valence-electron chi connectivity index (χ0n) is 22.8. The van der Waals surface area contributed by atoms with Gasteiger partial charge in [0.1, 0.15) is 0 Å². The molecule has 0 saturated heterocycles. The van der Waals surface area contributed by atoms with E-state index in [2.05, 4.69) is 79.7 Å². The zero-order valence-corrected chi connectivity index (χ0v) is 28.3. The summed E-state index contributed by atoms with van der Waals surface area (Å²) < 4.78 is 0. The van der Waals surface area contributed by atoms with Crippen molar-refractivity contribution in [2.45, 2.75) is 107 Å². The molecule has 0 fully saturated rings. The van der Waals surface area contributed by atoms with Crippen LogP contribution in [0.4, 0.5) is 0 Å². The van der Waals surface area contributed by atoms with Gasteiger partial charge in [0.15, 0.2) is 0 Å². The van der Waals surface area contributed by atoms with E-state index >= 15 is 0 Å². The quantitative estimate of drug-likeness (QED) is 0.218. The SMILES string of the molecule is CCCCC1=CC(C(C)(C)C)=[C-]C1.CCCCC1=CC(C(C)(C)C)=[C-]C1.Cl.Cl.[CH3-].[CH3-].[SiH2]=[Zr]. The third kappa shape index (κ3) is 18.0. The standard InChI is InChI=1S/2C13H21.2CH3.2ClH.H2Si.Zr/c2*1-5-6-7-11-8-9-12(10-11)13(2,3)4;;;;;;/h2*10H,5-8H2,1-4H3;2*1H3;2*1H;1H2;/q4*-1;;;;. The van der Waals surface area contributed by atoms with Crippen molar-refractivity contribution in [2.24, 2.45) is 10.8 Å². The molecule has 2 rings (SSSR count). The van der Waals surface area contributed by atoms with Crippen LogP contribution in [0.2, 0.25) is 0 Å². The number of hydrogen-bond acceptors (Lipinski definition) is 0. The molecule has 0 saturated carbocycles. The average molecular weight is 579 g/mol. The predicted octanol–water partition coefficient (Wildman–Crippen LogP) is 9.39. The van der Waals surface area contributed by atoms with Crippen LogP contribution >= 0.6 is 24.8 Å². The number of unbranched alkanes of at least 4 members (excludes halogenated alkanes) is 2. The van der Waals surface area contributed by atoms with Crippen LogP contribution in [-0.4, -0.2) is 6.88 Å². The Bertz CT molecular complexity index is 536. The Hall–Kier alpha value is 0.640. The maximum atomic E-state index is 3.48. The number of rotatable bonds is 6. The minimum absolute atomic E-state index is 0. The van der Waals surface area contributed by atoms with Gasteiger partial charge < -0.3 is 14.9 Å². The Morgan fingerprint density at radius 2 is 1.00 bits per heavy atom. The molecule has 4 heteroatoms. The van der Waals surface area contributed by atoms with E-state index in [9.17, 15) is 0 Å². The predicted molar refractivity (Wildman–Crippen MR) is 153 cm³/mol. The van der Waals surface area contributed by atoms with Crippen LogP contribution < -0.4 is 0 Å². The van der Waals surface area contributed by atoms with E-state index in [-0.39, 0.29) is 50.5 Å². The van der Waals surface area contributed by atoms with E-state index < -0.39 is 0 Å². The fraction of sp³-hybridized carbons (Fsp3) is 0.643. The first-order valence-electron chi connectivity index (χ1n) is 11.0. The van der Waals surface area contributed by atoms with Gasteiger partial charge in [0, 0.05) is 0 Å². The summed E-state index contributed by atoms with van der Waals surface area (Å²) in [5.41, 5.74) is 6.53. The first kappa shape index (κ1) is 42.8. The van der Waals surface area contributed by atoms with Crippen molar-refractivity contribution in [2.75, 3.05) is 0 Å². The fourth-order valence-electron chi connectivity index (χ4n) is 3.12. The number of halogens is 2. The molecule has 0 atom stereocenters. The van der Waals surface area contributed by atoms with Crippen molar-refractivity contribution < 1.29 is 23.3 Å². The van der Waals surface area contributed by atoms with Gasteiger partial charge in [-0.2, -0.15) is 11.1 Å². The summed E-state index contributed by atoms with van der Waals surface area (Å²) in [6.07, 6.45) is 21.6. The molecule has 0 nitrogen and oxygen atoms in total. The summed E-state index contributed by atoms with van der Waals surface area (Å²) >= 11 is 1.58. The van der Waals surface area contributed by atoms with Gasteiger partial charge in [-0.15, -0.1) is 37.7 Å². The molecule has 0 radical (unpaired) electrons. The monoisotopic (exact) mass is 576 g/mol. The Labute approximate surface area is 232 Å². The van der Waals surface area contributed by atoms with E-state index in [1.807, 2.05) is 6.88 Å². The normalized spacial score (nSPS) is 14.1. The van der Waals surface area contributed by atoms with Crippen molar-refractivity contribution >= 4 is 31.7 Å². The molecule has 0 spiro atoms. The van der Waals surface area contributed by atoms with Gasteiger partial charge in [-0.05, 0) is 23.7 Å². The van der Waals surface area contributed by atoms with E-state index in [1.54, 1.807) is 34.5 Å². The fourth-order valence-corrected chi connectivity index (χ4v) is 3.12. The van der Waals surface area contributed by atoms with Crippen molar-refractivity contribution in [1.82, 2.24) is 0 Å².